The molecule has 0 spiro atoms. The van der Waals surface area contributed by atoms with Gasteiger partial charge in [0.1, 0.15) is 11.5 Å². The standard InChI is InChI=1S/C19H20FN7O/c1-28-18-5-4-17-22-23-19(27(17)24-18)13-6-8-25(9-7-13)11-15-12-26-10-14(20)2-3-16(26)21-15/h2-5,10,12-13H,6-9,11H2,1H3. The van der Waals surface area contributed by atoms with Gasteiger partial charge >= 0.3 is 0 Å². The molecule has 5 rings (SSSR count). The van der Waals surface area contributed by atoms with Gasteiger partial charge in [-0.15, -0.1) is 15.3 Å². The van der Waals surface area contributed by atoms with Gasteiger partial charge in [0.2, 0.25) is 5.88 Å². The molecule has 5 heterocycles. The molecule has 4 aromatic heterocycles. The maximum Gasteiger partial charge on any atom is 0.231 e. The van der Waals surface area contributed by atoms with Crippen LogP contribution in [0.3, 0.4) is 0 Å². The van der Waals surface area contributed by atoms with Crippen LogP contribution in [0.15, 0.2) is 36.7 Å². The number of ether oxygens (including phenoxy) is 1. The van der Waals surface area contributed by atoms with E-state index in [4.69, 9.17) is 4.74 Å². The van der Waals surface area contributed by atoms with Gasteiger partial charge in [0, 0.05) is 30.9 Å². The van der Waals surface area contributed by atoms with Gasteiger partial charge in [-0.1, -0.05) is 0 Å². The zero-order chi connectivity index (χ0) is 19.1. The summed E-state index contributed by atoms with van der Waals surface area (Å²) in [6.45, 7) is 2.63. The van der Waals surface area contributed by atoms with E-state index in [1.54, 1.807) is 28.2 Å². The molecule has 0 saturated carbocycles. The van der Waals surface area contributed by atoms with Crippen LogP contribution in [0, 0.1) is 5.82 Å². The highest BCUT2D eigenvalue weighted by molar-refractivity contribution is 5.40. The molecule has 0 aromatic carbocycles. The first-order valence-corrected chi connectivity index (χ1v) is 9.31. The monoisotopic (exact) mass is 381 g/mol. The molecule has 8 nitrogen and oxygen atoms in total. The Balaban J connectivity index is 1.28. The lowest BCUT2D eigenvalue weighted by atomic mass is 9.96. The number of nitrogens with zero attached hydrogens (tertiary/aromatic N) is 7. The van der Waals surface area contributed by atoms with Gasteiger partial charge in [-0.25, -0.2) is 9.37 Å². The van der Waals surface area contributed by atoms with Crippen molar-refractivity contribution in [2.24, 2.45) is 0 Å². The third kappa shape index (κ3) is 3.07. The van der Waals surface area contributed by atoms with E-state index < -0.39 is 0 Å². The minimum atomic E-state index is -0.261. The summed E-state index contributed by atoms with van der Waals surface area (Å²) in [5.41, 5.74) is 2.44. The van der Waals surface area contributed by atoms with Crippen molar-refractivity contribution in [2.45, 2.75) is 25.3 Å². The number of hydrogen-bond acceptors (Lipinski definition) is 6. The molecule has 1 aliphatic heterocycles. The molecule has 9 heteroatoms. The minimum absolute atomic E-state index is 0.261. The van der Waals surface area contributed by atoms with Crippen molar-refractivity contribution >= 4 is 11.3 Å². The Morgan fingerprint density at radius 1 is 1.07 bits per heavy atom. The van der Waals surface area contributed by atoms with Crippen molar-refractivity contribution in [3.8, 4) is 5.88 Å². The molecule has 1 aliphatic rings. The van der Waals surface area contributed by atoms with Crippen molar-refractivity contribution in [3.05, 3.63) is 54.0 Å². The summed E-state index contributed by atoms with van der Waals surface area (Å²) in [7, 11) is 1.60. The predicted octanol–water partition coefficient (Wildman–Crippen LogP) is 2.30. The van der Waals surface area contributed by atoms with Crippen LogP contribution in [0.5, 0.6) is 5.88 Å². The number of rotatable bonds is 4. The molecule has 0 N–H and O–H groups in total. The van der Waals surface area contributed by atoms with E-state index in [2.05, 4.69) is 25.2 Å². The van der Waals surface area contributed by atoms with Gasteiger partial charge in [-0.05, 0) is 44.1 Å². The third-order valence-corrected chi connectivity index (χ3v) is 5.27. The molecular formula is C19H20FN7O. The molecule has 1 fully saturated rings. The van der Waals surface area contributed by atoms with Crippen LogP contribution in [-0.2, 0) is 6.54 Å². The number of halogens is 1. The number of imidazole rings is 1. The molecule has 0 radical (unpaired) electrons. The second-order valence-electron chi connectivity index (χ2n) is 7.10. The maximum atomic E-state index is 13.4. The lowest BCUT2D eigenvalue weighted by Crippen LogP contribution is -2.33. The Morgan fingerprint density at radius 2 is 1.89 bits per heavy atom. The van der Waals surface area contributed by atoms with Gasteiger partial charge < -0.3 is 9.14 Å². The second-order valence-corrected chi connectivity index (χ2v) is 7.10. The van der Waals surface area contributed by atoms with Gasteiger partial charge in [0.15, 0.2) is 11.5 Å². The van der Waals surface area contributed by atoms with Crippen LogP contribution < -0.4 is 4.74 Å². The fourth-order valence-corrected chi connectivity index (χ4v) is 3.82. The van der Waals surface area contributed by atoms with E-state index in [0.717, 1.165) is 55.3 Å². The number of pyridine rings is 1. The molecule has 0 amide bonds. The minimum Gasteiger partial charge on any atom is -0.480 e. The Labute approximate surface area is 160 Å². The first kappa shape index (κ1) is 17.1. The highest BCUT2D eigenvalue weighted by atomic mass is 19.1. The summed E-state index contributed by atoms with van der Waals surface area (Å²) in [6, 6.07) is 6.78. The maximum absolute atomic E-state index is 13.4. The summed E-state index contributed by atoms with van der Waals surface area (Å²) in [4.78, 5) is 6.95. The van der Waals surface area contributed by atoms with Gasteiger partial charge in [0.25, 0.3) is 0 Å². The number of piperidine rings is 1. The molecule has 0 atom stereocenters. The fourth-order valence-electron chi connectivity index (χ4n) is 3.82. The van der Waals surface area contributed by atoms with E-state index >= 15 is 0 Å². The van der Waals surface area contributed by atoms with Crippen LogP contribution in [-0.4, -0.2) is 54.3 Å². The lowest BCUT2D eigenvalue weighted by Gasteiger charge is -2.30. The summed E-state index contributed by atoms with van der Waals surface area (Å²) in [5.74, 6) is 1.48. The molecule has 0 bridgehead atoms. The number of methoxy groups -OCH3 is 1. The van der Waals surface area contributed by atoms with Crippen LogP contribution in [0.2, 0.25) is 0 Å². The summed E-state index contributed by atoms with van der Waals surface area (Å²) < 4.78 is 22.1. The van der Waals surface area contributed by atoms with Crippen LogP contribution in [0.1, 0.15) is 30.3 Å². The predicted molar refractivity (Wildman–Crippen MR) is 99.7 cm³/mol. The number of likely N-dealkylation sites (tertiary alicyclic amines) is 1. The lowest BCUT2D eigenvalue weighted by molar-refractivity contribution is 0.199. The van der Waals surface area contributed by atoms with E-state index in [1.807, 2.05) is 12.3 Å². The molecule has 4 aromatic rings. The molecule has 144 valence electrons. The van der Waals surface area contributed by atoms with Crippen molar-refractivity contribution in [1.82, 2.24) is 34.1 Å². The normalized spacial score (nSPS) is 16.2. The van der Waals surface area contributed by atoms with Crippen LogP contribution in [0.4, 0.5) is 4.39 Å². The Kier molecular flexibility index (Phi) is 4.16. The topological polar surface area (TPSA) is 72.9 Å². The smallest absolute Gasteiger partial charge is 0.231 e. The van der Waals surface area contributed by atoms with Gasteiger partial charge in [0.05, 0.1) is 12.8 Å². The fraction of sp³-hybridized carbons (Fsp3) is 0.368. The molecule has 28 heavy (non-hydrogen) atoms. The number of hydrogen-bond donors (Lipinski definition) is 0. The molecule has 0 unspecified atom stereocenters. The average molecular weight is 381 g/mol. The van der Waals surface area contributed by atoms with Crippen molar-refractivity contribution in [3.63, 3.8) is 0 Å². The zero-order valence-corrected chi connectivity index (χ0v) is 15.5. The van der Waals surface area contributed by atoms with E-state index in [0.29, 0.717) is 11.8 Å². The summed E-state index contributed by atoms with van der Waals surface area (Å²) in [5, 5.41) is 13.1. The highest BCUT2D eigenvalue weighted by Gasteiger charge is 2.25. The summed E-state index contributed by atoms with van der Waals surface area (Å²) in [6.07, 6.45) is 5.30. The first-order valence-electron chi connectivity index (χ1n) is 9.31. The quantitative estimate of drug-likeness (QED) is 0.540. The Morgan fingerprint density at radius 3 is 2.71 bits per heavy atom. The number of fused-ring (bicyclic) bond motifs is 2. The Hall–Kier alpha value is -3.07. The van der Waals surface area contributed by atoms with E-state index in [1.165, 1.54) is 12.3 Å². The first-order chi connectivity index (χ1) is 13.7. The second kappa shape index (κ2) is 6.83. The van der Waals surface area contributed by atoms with Crippen molar-refractivity contribution < 1.29 is 9.13 Å². The van der Waals surface area contributed by atoms with Crippen molar-refractivity contribution in [1.29, 1.82) is 0 Å². The van der Waals surface area contributed by atoms with Gasteiger partial charge in [-0.3, -0.25) is 4.90 Å². The molecule has 0 aliphatic carbocycles. The molecular weight excluding hydrogens is 361 g/mol. The third-order valence-electron chi connectivity index (χ3n) is 5.27. The number of aromatic nitrogens is 6. The van der Waals surface area contributed by atoms with E-state index in [-0.39, 0.29) is 5.82 Å². The SMILES string of the molecule is COc1ccc2nnc(C3CCN(Cc4cn5cc(F)ccc5n4)CC3)n2n1. The highest BCUT2D eigenvalue weighted by Crippen LogP contribution is 2.28. The van der Waals surface area contributed by atoms with E-state index in [9.17, 15) is 4.39 Å². The molecule has 1 saturated heterocycles. The average Bonchev–Trinajstić information content (AvgIpc) is 3.31. The van der Waals surface area contributed by atoms with Crippen molar-refractivity contribution in [2.75, 3.05) is 20.2 Å². The Bertz CT molecular complexity index is 1130. The summed E-state index contributed by atoms with van der Waals surface area (Å²) >= 11 is 0. The zero-order valence-electron chi connectivity index (χ0n) is 15.5. The van der Waals surface area contributed by atoms with Crippen LogP contribution in [0.25, 0.3) is 11.3 Å². The van der Waals surface area contributed by atoms with Gasteiger partial charge in [-0.2, -0.15) is 4.52 Å². The van der Waals surface area contributed by atoms with Crippen LogP contribution >= 0.6 is 0 Å². The largest absolute Gasteiger partial charge is 0.480 e.